The quantitative estimate of drug-likeness (QED) is 0.368. The van der Waals surface area contributed by atoms with E-state index < -0.39 is 11.2 Å². The Labute approximate surface area is 120 Å². The van der Waals surface area contributed by atoms with Crippen LogP contribution in [0.2, 0.25) is 0 Å². The van der Waals surface area contributed by atoms with Crippen LogP contribution < -0.4 is 22.1 Å². The van der Waals surface area contributed by atoms with E-state index in [0.717, 1.165) is 19.3 Å². The van der Waals surface area contributed by atoms with Crippen LogP contribution in [0.4, 0.5) is 5.95 Å². The fourth-order valence-corrected chi connectivity index (χ4v) is 2.16. The number of amides is 1. The van der Waals surface area contributed by atoms with E-state index in [9.17, 15) is 14.4 Å². The summed E-state index contributed by atoms with van der Waals surface area (Å²) in [5.74, 6) is 0.319. The standard InChI is InChI=1S/C12H18N6O3/c1-3-4-5-6-18-8-9(14-11(18)16-13-7-19)17(2)12(21)15-10(8)20/h7H,3-6H2,1-2H3,(H,13,19)(H,14,16)(H,15,20,21). The molecule has 3 N–H and O–H groups in total. The summed E-state index contributed by atoms with van der Waals surface area (Å²) in [5.41, 5.74) is 4.48. The molecule has 1 amide bonds. The number of unbranched alkanes of at least 4 members (excludes halogenated alkanes) is 2. The number of hydrogen-bond donors (Lipinski definition) is 3. The molecule has 0 aliphatic heterocycles. The molecule has 2 aromatic rings. The molecule has 2 rings (SSSR count). The van der Waals surface area contributed by atoms with Crippen LogP contribution in [-0.4, -0.2) is 25.5 Å². The number of aromatic amines is 1. The lowest BCUT2D eigenvalue weighted by Gasteiger charge is -2.08. The Bertz CT molecular complexity index is 757. The second-order valence-corrected chi connectivity index (χ2v) is 4.67. The molecule has 0 aliphatic carbocycles. The van der Waals surface area contributed by atoms with Gasteiger partial charge in [-0.05, 0) is 6.42 Å². The summed E-state index contributed by atoms with van der Waals surface area (Å²) < 4.78 is 2.93. The number of nitrogens with one attached hydrogen (secondary N) is 3. The number of imidazole rings is 1. The van der Waals surface area contributed by atoms with Crippen LogP contribution in [-0.2, 0) is 18.4 Å². The highest BCUT2D eigenvalue weighted by Gasteiger charge is 2.16. The second kappa shape index (κ2) is 6.25. The number of aromatic nitrogens is 4. The third-order valence-corrected chi connectivity index (χ3v) is 3.24. The maximum Gasteiger partial charge on any atom is 0.329 e. The van der Waals surface area contributed by atoms with Crippen molar-refractivity contribution in [2.24, 2.45) is 7.05 Å². The molecule has 0 fully saturated rings. The number of carbonyl (C=O) groups is 1. The number of H-pyrrole nitrogens is 1. The highest BCUT2D eigenvalue weighted by Crippen LogP contribution is 2.15. The number of aryl methyl sites for hydroxylation is 2. The van der Waals surface area contributed by atoms with Crippen LogP contribution in [0.1, 0.15) is 26.2 Å². The minimum absolute atomic E-state index is 0.274. The lowest BCUT2D eigenvalue weighted by Crippen LogP contribution is -2.29. The number of hydrazine groups is 1. The van der Waals surface area contributed by atoms with Crippen molar-refractivity contribution >= 4 is 23.5 Å². The van der Waals surface area contributed by atoms with E-state index >= 15 is 0 Å². The van der Waals surface area contributed by atoms with Crippen LogP contribution in [0.25, 0.3) is 11.2 Å². The van der Waals surface area contributed by atoms with Gasteiger partial charge >= 0.3 is 5.69 Å². The summed E-state index contributed by atoms with van der Waals surface area (Å²) in [6, 6.07) is 0. The summed E-state index contributed by atoms with van der Waals surface area (Å²) in [6.45, 7) is 2.64. The lowest BCUT2D eigenvalue weighted by atomic mass is 10.2. The van der Waals surface area contributed by atoms with Gasteiger partial charge in [0.25, 0.3) is 5.56 Å². The number of nitrogens with zero attached hydrogens (tertiary/aromatic N) is 3. The largest absolute Gasteiger partial charge is 0.329 e. The van der Waals surface area contributed by atoms with Crippen molar-refractivity contribution in [3.8, 4) is 0 Å². The van der Waals surface area contributed by atoms with Gasteiger partial charge in [0.1, 0.15) is 0 Å². The molecule has 0 saturated heterocycles. The fraction of sp³-hybridized carbons (Fsp3) is 0.500. The number of rotatable bonds is 7. The lowest BCUT2D eigenvalue weighted by molar-refractivity contribution is -0.109. The SMILES string of the molecule is CCCCCn1c(NNC=O)nc2c1c(=O)[nH]c(=O)n2C. The van der Waals surface area contributed by atoms with Crippen LogP contribution in [0.5, 0.6) is 0 Å². The van der Waals surface area contributed by atoms with Crippen LogP contribution in [0.15, 0.2) is 9.59 Å². The van der Waals surface area contributed by atoms with Crippen molar-refractivity contribution in [3.63, 3.8) is 0 Å². The zero-order chi connectivity index (χ0) is 15.4. The fourth-order valence-electron chi connectivity index (χ4n) is 2.16. The normalized spacial score (nSPS) is 10.8. The maximum absolute atomic E-state index is 12.0. The van der Waals surface area contributed by atoms with Crippen molar-refractivity contribution in [1.82, 2.24) is 24.5 Å². The third kappa shape index (κ3) is 2.81. The van der Waals surface area contributed by atoms with Crippen molar-refractivity contribution in [2.75, 3.05) is 5.43 Å². The molecule has 2 aromatic heterocycles. The molecular formula is C12H18N6O3. The van der Waals surface area contributed by atoms with Crippen molar-refractivity contribution in [1.29, 1.82) is 0 Å². The molecular weight excluding hydrogens is 276 g/mol. The smallest absolute Gasteiger partial charge is 0.303 e. The molecule has 2 heterocycles. The van der Waals surface area contributed by atoms with E-state index in [-0.39, 0.29) is 5.65 Å². The van der Waals surface area contributed by atoms with E-state index in [1.165, 1.54) is 11.6 Å². The number of hydrogen-bond acceptors (Lipinski definition) is 5. The van der Waals surface area contributed by atoms with Crippen LogP contribution >= 0.6 is 0 Å². The first-order valence-electron chi connectivity index (χ1n) is 6.74. The third-order valence-electron chi connectivity index (χ3n) is 3.24. The summed E-state index contributed by atoms with van der Waals surface area (Å²) >= 11 is 0. The van der Waals surface area contributed by atoms with Crippen LogP contribution in [0.3, 0.4) is 0 Å². The monoisotopic (exact) mass is 294 g/mol. The first kappa shape index (κ1) is 14.8. The molecule has 0 saturated carbocycles. The Hall–Kier alpha value is -2.58. The van der Waals surface area contributed by atoms with Gasteiger partial charge in [-0.3, -0.25) is 30.0 Å². The first-order chi connectivity index (χ1) is 10.1. The van der Waals surface area contributed by atoms with Gasteiger partial charge in [0.05, 0.1) is 0 Å². The summed E-state index contributed by atoms with van der Waals surface area (Å²) in [5, 5.41) is 0. The Morgan fingerprint density at radius 3 is 2.76 bits per heavy atom. The predicted octanol–water partition coefficient (Wildman–Crippen LogP) is -0.314. The molecule has 0 unspecified atom stereocenters. The minimum atomic E-state index is -0.527. The molecule has 0 aromatic carbocycles. The van der Waals surface area contributed by atoms with Gasteiger partial charge < -0.3 is 4.57 Å². The van der Waals surface area contributed by atoms with Gasteiger partial charge in [-0.2, -0.15) is 4.98 Å². The second-order valence-electron chi connectivity index (χ2n) is 4.67. The summed E-state index contributed by atoms with van der Waals surface area (Å²) in [4.78, 5) is 40.6. The Morgan fingerprint density at radius 2 is 2.10 bits per heavy atom. The topological polar surface area (TPSA) is 114 Å². The average Bonchev–Trinajstić information content (AvgIpc) is 2.82. The van der Waals surface area contributed by atoms with Gasteiger partial charge in [-0.25, -0.2) is 4.79 Å². The van der Waals surface area contributed by atoms with Gasteiger partial charge in [0.15, 0.2) is 11.2 Å². The van der Waals surface area contributed by atoms with E-state index in [4.69, 9.17) is 0 Å². The molecule has 9 heteroatoms. The van der Waals surface area contributed by atoms with Gasteiger partial charge in [0.2, 0.25) is 12.4 Å². The van der Waals surface area contributed by atoms with Gasteiger partial charge in [-0.15, -0.1) is 0 Å². The van der Waals surface area contributed by atoms with Crippen molar-refractivity contribution < 1.29 is 4.79 Å². The Balaban J connectivity index is 2.59. The molecule has 0 radical (unpaired) electrons. The molecule has 114 valence electrons. The van der Waals surface area contributed by atoms with Gasteiger partial charge in [-0.1, -0.05) is 19.8 Å². The predicted molar refractivity (Wildman–Crippen MR) is 77.9 cm³/mol. The van der Waals surface area contributed by atoms with E-state index in [1.807, 2.05) is 0 Å². The zero-order valence-electron chi connectivity index (χ0n) is 12.0. The number of anilines is 1. The molecule has 0 bridgehead atoms. The summed E-state index contributed by atoms with van der Waals surface area (Å²) in [6.07, 6.45) is 3.37. The van der Waals surface area contributed by atoms with E-state index in [0.29, 0.717) is 24.4 Å². The Morgan fingerprint density at radius 1 is 1.33 bits per heavy atom. The first-order valence-corrected chi connectivity index (χ1v) is 6.74. The van der Waals surface area contributed by atoms with Crippen LogP contribution in [0, 0.1) is 0 Å². The average molecular weight is 294 g/mol. The van der Waals surface area contributed by atoms with Crippen molar-refractivity contribution in [3.05, 3.63) is 20.8 Å². The molecule has 0 spiro atoms. The van der Waals surface area contributed by atoms with E-state index in [1.54, 1.807) is 4.57 Å². The molecule has 21 heavy (non-hydrogen) atoms. The maximum atomic E-state index is 12.0. The highest BCUT2D eigenvalue weighted by atomic mass is 16.2. The minimum Gasteiger partial charge on any atom is -0.303 e. The number of fused-ring (bicyclic) bond motifs is 1. The molecule has 0 atom stereocenters. The van der Waals surface area contributed by atoms with E-state index in [2.05, 4.69) is 27.7 Å². The molecule has 9 nitrogen and oxygen atoms in total. The zero-order valence-corrected chi connectivity index (χ0v) is 12.0. The Kier molecular flexibility index (Phi) is 4.41. The summed E-state index contributed by atoms with van der Waals surface area (Å²) in [7, 11) is 1.53. The molecule has 0 aliphatic rings. The van der Waals surface area contributed by atoms with Gasteiger partial charge in [0, 0.05) is 13.6 Å². The number of carbonyl (C=O) groups excluding carboxylic acids is 1. The van der Waals surface area contributed by atoms with Crippen molar-refractivity contribution in [2.45, 2.75) is 32.7 Å². The highest BCUT2D eigenvalue weighted by molar-refractivity contribution is 5.74.